The summed E-state index contributed by atoms with van der Waals surface area (Å²) < 4.78 is 0. The number of rotatable bonds is 7. The zero-order chi connectivity index (χ0) is 17.0. The third kappa shape index (κ3) is 4.15. The second-order valence-corrected chi connectivity index (χ2v) is 5.74. The maximum Gasteiger partial charge on any atom is 0.326 e. The molecule has 0 saturated heterocycles. The first-order valence-electron chi connectivity index (χ1n) is 7.26. The van der Waals surface area contributed by atoms with Crippen LogP contribution in [0.4, 0.5) is 5.82 Å². The van der Waals surface area contributed by atoms with Crippen molar-refractivity contribution in [3.63, 3.8) is 0 Å². The van der Waals surface area contributed by atoms with E-state index in [1.54, 1.807) is 11.9 Å². The number of hydrogen-bond acceptors (Lipinski definition) is 6. The summed E-state index contributed by atoms with van der Waals surface area (Å²) in [6.45, 7) is 3.79. The molecule has 0 unspecified atom stereocenters. The molecule has 0 spiro atoms. The number of aliphatic carboxylic acids is 1. The number of imidazole rings is 1. The second-order valence-electron chi connectivity index (χ2n) is 5.74. The minimum Gasteiger partial charge on any atom is -0.480 e. The van der Waals surface area contributed by atoms with Crippen LogP contribution in [0.3, 0.4) is 0 Å². The Morgan fingerprint density at radius 3 is 2.74 bits per heavy atom. The molecule has 0 aliphatic rings. The van der Waals surface area contributed by atoms with Crippen LogP contribution in [0, 0.1) is 5.92 Å². The first-order valence-corrected chi connectivity index (χ1v) is 7.26. The summed E-state index contributed by atoms with van der Waals surface area (Å²) in [5, 5.41) is 11.7. The molecule has 2 heterocycles. The molecule has 2 aromatic rings. The molecule has 0 fully saturated rings. The van der Waals surface area contributed by atoms with E-state index < -0.39 is 12.0 Å². The van der Waals surface area contributed by atoms with Crippen LogP contribution in [0.5, 0.6) is 0 Å². The van der Waals surface area contributed by atoms with Crippen LogP contribution in [0.15, 0.2) is 12.7 Å². The van der Waals surface area contributed by atoms with Gasteiger partial charge in [-0.15, -0.1) is 0 Å². The summed E-state index contributed by atoms with van der Waals surface area (Å²) in [5.41, 5.74) is 1.13. The summed E-state index contributed by atoms with van der Waals surface area (Å²) in [7, 11) is 1.69. The molecule has 9 nitrogen and oxygen atoms in total. The predicted molar refractivity (Wildman–Crippen MR) is 84.0 cm³/mol. The molecule has 2 aromatic heterocycles. The van der Waals surface area contributed by atoms with Gasteiger partial charge in [-0.3, -0.25) is 4.79 Å². The molecular weight excluding hydrogens is 300 g/mol. The molecule has 0 aliphatic heterocycles. The number of carboxylic acids is 1. The number of nitrogens with zero attached hydrogens (tertiary/aromatic N) is 4. The van der Waals surface area contributed by atoms with E-state index in [1.807, 2.05) is 13.8 Å². The Morgan fingerprint density at radius 2 is 2.09 bits per heavy atom. The number of nitrogens with one attached hydrogen (secondary N) is 2. The van der Waals surface area contributed by atoms with Crippen molar-refractivity contribution in [3.05, 3.63) is 12.7 Å². The van der Waals surface area contributed by atoms with Gasteiger partial charge in [-0.05, 0) is 12.3 Å². The Bertz CT molecular complexity index is 699. The third-order valence-electron chi connectivity index (χ3n) is 3.29. The molecule has 3 N–H and O–H groups in total. The Morgan fingerprint density at radius 1 is 1.35 bits per heavy atom. The predicted octanol–water partition coefficient (Wildman–Crippen LogP) is 0.405. The highest BCUT2D eigenvalue weighted by Gasteiger charge is 2.22. The highest BCUT2D eigenvalue weighted by atomic mass is 16.4. The van der Waals surface area contributed by atoms with Gasteiger partial charge in [0.1, 0.15) is 17.9 Å². The lowest BCUT2D eigenvalue weighted by Crippen LogP contribution is -2.45. The average molecular weight is 320 g/mol. The van der Waals surface area contributed by atoms with Gasteiger partial charge in [-0.2, -0.15) is 0 Å². The number of fused-ring (bicyclic) bond motifs is 1. The number of anilines is 1. The lowest BCUT2D eigenvalue weighted by atomic mass is 10.0. The van der Waals surface area contributed by atoms with Gasteiger partial charge in [0.15, 0.2) is 11.5 Å². The van der Waals surface area contributed by atoms with Gasteiger partial charge in [-0.1, -0.05) is 13.8 Å². The van der Waals surface area contributed by atoms with Crippen molar-refractivity contribution in [2.45, 2.75) is 26.3 Å². The van der Waals surface area contributed by atoms with Crippen molar-refractivity contribution in [3.8, 4) is 0 Å². The van der Waals surface area contributed by atoms with E-state index in [0.717, 1.165) is 0 Å². The van der Waals surface area contributed by atoms with Crippen molar-refractivity contribution in [2.24, 2.45) is 5.92 Å². The molecule has 1 amide bonds. The summed E-state index contributed by atoms with van der Waals surface area (Å²) in [6, 6.07) is -0.895. The van der Waals surface area contributed by atoms with Crippen LogP contribution < -0.4 is 10.2 Å². The zero-order valence-corrected chi connectivity index (χ0v) is 13.3. The van der Waals surface area contributed by atoms with Crippen molar-refractivity contribution < 1.29 is 14.7 Å². The maximum atomic E-state index is 12.1. The third-order valence-corrected chi connectivity index (χ3v) is 3.29. The maximum absolute atomic E-state index is 12.1. The van der Waals surface area contributed by atoms with Crippen LogP contribution in [-0.2, 0) is 9.59 Å². The number of carbonyl (C=O) groups excluding carboxylic acids is 1. The molecule has 2 rings (SSSR count). The average Bonchev–Trinajstić information content (AvgIpc) is 2.93. The first-order chi connectivity index (χ1) is 10.9. The Hall–Kier alpha value is -2.71. The molecule has 0 bridgehead atoms. The minimum atomic E-state index is -1.03. The summed E-state index contributed by atoms with van der Waals surface area (Å²) >= 11 is 0. The zero-order valence-electron chi connectivity index (χ0n) is 13.3. The van der Waals surface area contributed by atoms with Crippen molar-refractivity contribution >= 4 is 28.9 Å². The standard InChI is InChI=1S/C14H20N6O3/c1-8(2)4-9(14(22)23)19-10(21)5-20(3)13-11-12(16-6-15-11)17-7-18-13/h6-9H,4-5H2,1-3H3,(H,19,21)(H,22,23)(H,15,16,17,18)/t9-/m1/s1. The Balaban J connectivity index is 2.04. The quantitative estimate of drug-likeness (QED) is 0.674. The lowest BCUT2D eigenvalue weighted by molar-refractivity contribution is -0.142. The molecule has 9 heteroatoms. The fourth-order valence-corrected chi connectivity index (χ4v) is 2.26. The van der Waals surface area contributed by atoms with Gasteiger partial charge < -0.3 is 20.3 Å². The van der Waals surface area contributed by atoms with Crippen molar-refractivity contribution in [1.82, 2.24) is 25.3 Å². The number of hydrogen-bond donors (Lipinski definition) is 3. The molecular formula is C14H20N6O3. The van der Waals surface area contributed by atoms with Gasteiger partial charge in [0.25, 0.3) is 0 Å². The van der Waals surface area contributed by atoms with E-state index in [2.05, 4.69) is 25.3 Å². The first kappa shape index (κ1) is 16.7. The molecule has 0 radical (unpaired) electrons. The topological polar surface area (TPSA) is 124 Å². The molecule has 124 valence electrons. The smallest absolute Gasteiger partial charge is 0.326 e. The fraction of sp³-hybridized carbons (Fsp3) is 0.500. The Kier molecular flexibility index (Phi) is 5.09. The number of likely N-dealkylation sites (N-methyl/N-ethyl adjacent to an activating group) is 1. The second kappa shape index (κ2) is 7.03. The normalized spacial score (nSPS) is 12.3. The minimum absolute atomic E-state index is 0.0208. The van der Waals surface area contributed by atoms with E-state index in [4.69, 9.17) is 0 Å². The number of aromatic nitrogens is 4. The van der Waals surface area contributed by atoms with Gasteiger partial charge in [-0.25, -0.2) is 19.7 Å². The number of H-pyrrole nitrogens is 1. The molecule has 0 saturated carbocycles. The van der Waals surface area contributed by atoms with Crippen LogP contribution in [-0.4, -0.2) is 56.6 Å². The molecule has 23 heavy (non-hydrogen) atoms. The van der Waals surface area contributed by atoms with Crippen molar-refractivity contribution in [2.75, 3.05) is 18.5 Å². The van der Waals surface area contributed by atoms with E-state index >= 15 is 0 Å². The van der Waals surface area contributed by atoms with E-state index in [9.17, 15) is 14.7 Å². The largest absolute Gasteiger partial charge is 0.480 e. The lowest BCUT2D eigenvalue weighted by Gasteiger charge is -2.21. The van der Waals surface area contributed by atoms with Gasteiger partial charge in [0.05, 0.1) is 12.9 Å². The number of aromatic amines is 1. The van der Waals surface area contributed by atoms with E-state index in [-0.39, 0.29) is 18.4 Å². The van der Waals surface area contributed by atoms with Gasteiger partial charge in [0, 0.05) is 7.05 Å². The number of amides is 1. The Labute approximate surface area is 133 Å². The van der Waals surface area contributed by atoms with Gasteiger partial charge >= 0.3 is 5.97 Å². The van der Waals surface area contributed by atoms with Crippen molar-refractivity contribution in [1.29, 1.82) is 0 Å². The molecule has 0 aliphatic carbocycles. The van der Waals surface area contributed by atoms with E-state index in [1.165, 1.54) is 12.7 Å². The highest BCUT2D eigenvalue weighted by molar-refractivity contribution is 5.89. The van der Waals surface area contributed by atoms with Gasteiger partial charge in [0.2, 0.25) is 5.91 Å². The SMILES string of the molecule is CC(C)C[C@@H](NC(=O)CN(C)c1ncnc2nc[nH]c12)C(=O)O. The number of carbonyl (C=O) groups is 2. The molecule has 1 atom stereocenters. The van der Waals surface area contributed by atoms with Crippen LogP contribution >= 0.6 is 0 Å². The highest BCUT2D eigenvalue weighted by Crippen LogP contribution is 2.17. The summed E-state index contributed by atoms with van der Waals surface area (Å²) in [5.74, 6) is -0.724. The van der Waals surface area contributed by atoms with Crippen LogP contribution in [0.25, 0.3) is 11.2 Å². The molecule has 0 aromatic carbocycles. The summed E-state index contributed by atoms with van der Waals surface area (Å²) in [6.07, 6.45) is 3.24. The van der Waals surface area contributed by atoms with Crippen LogP contribution in [0.2, 0.25) is 0 Å². The fourth-order valence-electron chi connectivity index (χ4n) is 2.26. The number of carboxylic acid groups (broad SMARTS) is 1. The summed E-state index contributed by atoms with van der Waals surface area (Å²) in [4.78, 5) is 40.0. The van der Waals surface area contributed by atoms with Crippen LogP contribution in [0.1, 0.15) is 20.3 Å². The van der Waals surface area contributed by atoms with E-state index in [0.29, 0.717) is 23.4 Å². The monoisotopic (exact) mass is 320 g/mol.